The lowest BCUT2D eigenvalue weighted by Crippen LogP contribution is -2.27. The monoisotopic (exact) mass is 368 g/mol. The van der Waals surface area contributed by atoms with E-state index in [9.17, 15) is 4.79 Å². The van der Waals surface area contributed by atoms with Crippen LogP contribution < -0.4 is 4.74 Å². The molecule has 0 spiro atoms. The molecule has 3 rings (SSSR count). The molecule has 0 N–H and O–H groups in total. The van der Waals surface area contributed by atoms with Crippen molar-refractivity contribution >= 4 is 17.7 Å². The van der Waals surface area contributed by atoms with Gasteiger partial charge in [0, 0.05) is 14.1 Å². The smallest absolute Gasteiger partial charge is 0.240 e. The average Bonchev–Trinajstić information content (AvgIpc) is 3.14. The van der Waals surface area contributed by atoms with Gasteiger partial charge in [0.2, 0.25) is 5.91 Å². The maximum absolute atomic E-state index is 12.8. The Morgan fingerprint density at radius 3 is 2.50 bits per heavy atom. The summed E-state index contributed by atoms with van der Waals surface area (Å²) in [5.41, 5.74) is 1.75. The number of rotatable bonds is 6. The van der Waals surface area contributed by atoms with Crippen molar-refractivity contribution in [2.75, 3.05) is 21.2 Å². The molecule has 0 saturated carbocycles. The highest BCUT2D eigenvalue weighted by atomic mass is 32.2. The number of aromatic nitrogens is 3. The fourth-order valence-electron chi connectivity index (χ4n) is 2.53. The van der Waals surface area contributed by atoms with E-state index < -0.39 is 5.25 Å². The molecule has 26 heavy (non-hydrogen) atoms. The average molecular weight is 368 g/mol. The number of amides is 1. The fraction of sp³-hybridized carbons (Fsp3) is 0.211. The highest BCUT2D eigenvalue weighted by molar-refractivity contribution is 8.00. The summed E-state index contributed by atoms with van der Waals surface area (Å²) in [6, 6.07) is 17.3. The third-order valence-corrected chi connectivity index (χ3v) is 5.05. The minimum atomic E-state index is -0.413. The van der Waals surface area contributed by atoms with Crippen LogP contribution in [0.4, 0.5) is 0 Å². The SMILES string of the molecule is COc1ccccc1-n1cnnc1SC(C(=O)N(C)C)c1ccccc1. The van der Waals surface area contributed by atoms with Crippen LogP contribution in [-0.2, 0) is 4.79 Å². The van der Waals surface area contributed by atoms with E-state index >= 15 is 0 Å². The number of benzene rings is 2. The first kappa shape index (κ1) is 18.0. The third-order valence-electron chi connectivity index (χ3n) is 3.85. The highest BCUT2D eigenvalue weighted by Gasteiger charge is 2.26. The van der Waals surface area contributed by atoms with Crippen molar-refractivity contribution in [1.82, 2.24) is 19.7 Å². The zero-order valence-corrected chi connectivity index (χ0v) is 15.7. The van der Waals surface area contributed by atoms with Crippen LogP contribution in [0.5, 0.6) is 5.75 Å². The van der Waals surface area contributed by atoms with Gasteiger partial charge in [-0.3, -0.25) is 9.36 Å². The number of hydrogen-bond donors (Lipinski definition) is 0. The van der Waals surface area contributed by atoms with Gasteiger partial charge >= 0.3 is 0 Å². The van der Waals surface area contributed by atoms with Gasteiger partial charge in [-0.2, -0.15) is 0 Å². The Bertz CT molecular complexity index is 880. The molecular formula is C19H20N4O2S. The standard InChI is InChI=1S/C19H20N4O2S/c1-22(2)18(24)17(14-9-5-4-6-10-14)26-19-21-20-13-23(19)15-11-7-8-12-16(15)25-3/h4-13,17H,1-3H3. The largest absolute Gasteiger partial charge is 0.495 e. The van der Waals surface area contributed by atoms with Crippen LogP contribution in [0.2, 0.25) is 0 Å². The molecule has 7 heteroatoms. The summed E-state index contributed by atoms with van der Waals surface area (Å²) >= 11 is 1.37. The van der Waals surface area contributed by atoms with Crippen LogP contribution in [0.1, 0.15) is 10.8 Å². The van der Waals surface area contributed by atoms with Gasteiger partial charge in [-0.05, 0) is 17.7 Å². The molecule has 0 saturated heterocycles. The first-order valence-corrected chi connectivity index (χ1v) is 8.96. The van der Waals surface area contributed by atoms with Gasteiger partial charge in [0.25, 0.3) is 0 Å². The molecular weight excluding hydrogens is 348 g/mol. The number of para-hydroxylation sites is 2. The second kappa shape index (κ2) is 8.05. The molecule has 1 unspecified atom stereocenters. The van der Waals surface area contributed by atoms with Crippen LogP contribution in [0.15, 0.2) is 66.1 Å². The molecule has 6 nitrogen and oxygen atoms in total. The van der Waals surface area contributed by atoms with Gasteiger partial charge in [-0.15, -0.1) is 10.2 Å². The number of thioether (sulfide) groups is 1. The van der Waals surface area contributed by atoms with Crippen LogP contribution in [0, 0.1) is 0 Å². The van der Waals surface area contributed by atoms with Crippen LogP contribution in [0.25, 0.3) is 5.69 Å². The molecule has 0 fully saturated rings. The van der Waals surface area contributed by atoms with Crippen LogP contribution >= 0.6 is 11.8 Å². The number of likely N-dealkylation sites (N-methyl/N-ethyl adjacent to an activating group) is 1. The Morgan fingerprint density at radius 1 is 1.12 bits per heavy atom. The van der Waals surface area contributed by atoms with Crippen LogP contribution in [0.3, 0.4) is 0 Å². The quantitative estimate of drug-likeness (QED) is 0.625. The number of carbonyl (C=O) groups excluding carboxylic acids is 1. The maximum atomic E-state index is 12.8. The molecule has 0 radical (unpaired) electrons. The highest BCUT2D eigenvalue weighted by Crippen LogP contribution is 2.37. The molecule has 0 aliphatic heterocycles. The predicted molar refractivity (Wildman–Crippen MR) is 102 cm³/mol. The summed E-state index contributed by atoms with van der Waals surface area (Å²) in [7, 11) is 5.13. The lowest BCUT2D eigenvalue weighted by molar-refractivity contribution is -0.128. The maximum Gasteiger partial charge on any atom is 0.240 e. The molecule has 1 aromatic heterocycles. The zero-order chi connectivity index (χ0) is 18.5. The number of hydrogen-bond acceptors (Lipinski definition) is 5. The van der Waals surface area contributed by atoms with Crippen molar-refractivity contribution in [3.05, 3.63) is 66.5 Å². The van der Waals surface area contributed by atoms with E-state index in [4.69, 9.17) is 4.74 Å². The number of ether oxygens (including phenoxy) is 1. The van der Waals surface area contributed by atoms with Crippen molar-refractivity contribution in [3.63, 3.8) is 0 Å². The molecule has 1 atom stereocenters. The molecule has 1 heterocycles. The van der Waals surface area contributed by atoms with E-state index in [1.165, 1.54) is 11.8 Å². The van der Waals surface area contributed by atoms with Crippen molar-refractivity contribution in [1.29, 1.82) is 0 Å². The van der Waals surface area contributed by atoms with E-state index in [1.807, 2.05) is 59.2 Å². The Balaban J connectivity index is 1.99. The second-order valence-corrected chi connectivity index (χ2v) is 6.87. The van der Waals surface area contributed by atoms with Gasteiger partial charge in [0.15, 0.2) is 5.16 Å². The lowest BCUT2D eigenvalue weighted by atomic mass is 10.1. The molecule has 2 aromatic carbocycles. The Kier molecular flexibility index (Phi) is 5.58. The predicted octanol–water partition coefficient (Wildman–Crippen LogP) is 3.20. The number of methoxy groups -OCH3 is 1. The Labute approximate surface area is 156 Å². The van der Waals surface area contributed by atoms with Gasteiger partial charge in [-0.1, -0.05) is 54.2 Å². The fourth-order valence-corrected chi connectivity index (χ4v) is 3.70. The van der Waals surface area contributed by atoms with E-state index in [2.05, 4.69) is 10.2 Å². The van der Waals surface area contributed by atoms with Crippen molar-refractivity contribution in [2.24, 2.45) is 0 Å². The summed E-state index contributed by atoms with van der Waals surface area (Å²) in [6.45, 7) is 0. The minimum absolute atomic E-state index is 0.00391. The van der Waals surface area contributed by atoms with E-state index in [1.54, 1.807) is 32.4 Å². The molecule has 0 aliphatic carbocycles. The van der Waals surface area contributed by atoms with Crippen molar-refractivity contribution in [3.8, 4) is 11.4 Å². The van der Waals surface area contributed by atoms with Crippen molar-refractivity contribution < 1.29 is 9.53 Å². The van der Waals surface area contributed by atoms with Crippen LogP contribution in [-0.4, -0.2) is 46.8 Å². The van der Waals surface area contributed by atoms with Gasteiger partial charge in [-0.25, -0.2) is 0 Å². The van der Waals surface area contributed by atoms with Gasteiger partial charge in [0.05, 0.1) is 12.8 Å². The first-order valence-electron chi connectivity index (χ1n) is 8.08. The van der Waals surface area contributed by atoms with Gasteiger partial charge in [0.1, 0.15) is 17.3 Å². The number of nitrogens with zero attached hydrogens (tertiary/aromatic N) is 4. The lowest BCUT2D eigenvalue weighted by Gasteiger charge is -2.20. The summed E-state index contributed by atoms with van der Waals surface area (Å²) in [4.78, 5) is 14.4. The van der Waals surface area contributed by atoms with E-state index in [0.717, 1.165) is 11.3 Å². The van der Waals surface area contributed by atoms with Crippen molar-refractivity contribution in [2.45, 2.75) is 10.4 Å². The molecule has 1 amide bonds. The Hall–Kier alpha value is -2.80. The van der Waals surface area contributed by atoms with Gasteiger partial charge < -0.3 is 9.64 Å². The topological polar surface area (TPSA) is 60.2 Å². The second-order valence-electron chi connectivity index (χ2n) is 5.80. The zero-order valence-electron chi connectivity index (χ0n) is 14.9. The molecule has 134 valence electrons. The first-order chi connectivity index (χ1) is 12.6. The summed E-state index contributed by atoms with van der Waals surface area (Å²) in [6.07, 6.45) is 1.63. The minimum Gasteiger partial charge on any atom is -0.495 e. The van der Waals surface area contributed by atoms with E-state index in [0.29, 0.717) is 10.9 Å². The summed E-state index contributed by atoms with van der Waals surface area (Å²) < 4.78 is 7.27. The summed E-state index contributed by atoms with van der Waals surface area (Å²) in [5.74, 6) is 0.708. The van der Waals surface area contributed by atoms with E-state index in [-0.39, 0.29) is 5.91 Å². The molecule has 0 bridgehead atoms. The summed E-state index contributed by atoms with van der Waals surface area (Å²) in [5, 5.41) is 8.47. The third kappa shape index (κ3) is 3.72. The molecule has 0 aliphatic rings. The Morgan fingerprint density at radius 2 is 1.81 bits per heavy atom. The normalized spacial score (nSPS) is 11.8. The molecule has 3 aromatic rings. The number of carbonyl (C=O) groups is 1.